The van der Waals surface area contributed by atoms with E-state index in [1.165, 1.54) is 6.21 Å². The van der Waals surface area contributed by atoms with Crippen LogP contribution in [0.2, 0.25) is 5.02 Å². The van der Waals surface area contributed by atoms with Crippen molar-refractivity contribution in [1.29, 1.82) is 5.26 Å². The number of nitrogens with one attached hydrogen (secondary N) is 1. The van der Waals surface area contributed by atoms with Gasteiger partial charge < -0.3 is 14.2 Å². The first-order chi connectivity index (χ1) is 16.5. The van der Waals surface area contributed by atoms with Crippen LogP contribution in [0, 0.1) is 11.3 Å². The Labute approximate surface area is 203 Å². The number of halogens is 1. The number of nitriles is 1. The molecule has 1 amide bonds. The van der Waals surface area contributed by atoms with Gasteiger partial charge in [-0.25, -0.2) is 5.43 Å². The molecule has 174 valence electrons. The minimum absolute atomic E-state index is 0.162. The third-order valence-corrected chi connectivity index (χ3v) is 4.93. The van der Waals surface area contributed by atoms with Gasteiger partial charge in [-0.1, -0.05) is 29.8 Å². The molecule has 8 heteroatoms. The highest BCUT2D eigenvalue weighted by molar-refractivity contribution is 6.32. The van der Waals surface area contributed by atoms with E-state index >= 15 is 0 Å². The smallest absolute Gasteiger partial charge is 0.271 e. The minimum Gasteiger partial charge on any atom is -0.494 e. The normalized spacial score (nSPS) is 10.5. The predicted octanol–water partition coefficient (Wildman–Crippen LogP) is 5.35. The van der Waals surface area contributed by atoms with Crippen molar-refractivity contribution < 1.29 is 19.0 Å². The van der Waals surface area contributed by atoms with E-state index in [4.69, 9.17) is 25.8 Å². The molecule has 0 spiro atoms. The second-order valence-electron chi connectivity index (χ2n) is 6.98. The summed E-state index contributed by atoms with van der Waals surface area (Å²) in [5.41, 5.74) is 4.83. The summed E-state index contributed by atoms with van der Waals surface area (Å²) in [7, 11) is 0. The lowest BCUT2D eigenvalue weighted by Crippen LogP contribution is -2.17. The molecule has 34 heavy (non-hydrogen) atoms. The van der Waals surface area contributed by atoms with E-state index in [1.54, 1.807) is 48.5 Å². The Hall–Kier alpha value is -4.02. The fourth-order valence-corrected chi connectivity index (χ4v) is 3.34. The molecule has 0 atom stereocenters. The average molecular weight is 478 g/mol. The number of hydrogen-bond acceptors (Lipinski definition) is 6. The Kier molecular flexibility index (Phi) is 8.89. The lowest BCUT2D eigenvalue weighted by atomic mass is 10.1. The van der Waals surface area contributed by atoms with Gasteiger partial charge in [-0.15, -0.1) is 0 Å². The van der Waals surface area contributed by atoms with Crippen LogP contribution in [0.25, 0.3) is 0 Å². The molecule has 3 aromatic carbocycles. The van der Waals surface area contributed by atoms with Gasteiger partial charge in [0.25, 0.3) is 5.91 Å². The second kappa shape index (κ2) is 12.3. The number of hydrogen-bond donors (Lipinski definition) is 1. The van der Waals surface area contributed by atoms with Crippen molar-refractivity contribution in [2.45, 2.75) is 20.5 Å². The Morgan fingerprint density at radius 2 is 1.79 bits per heavy atom. The summed E-state index contributed by atoms with van der Waals surface area (Å²) in [6, 6.07) is 19.5. The Morgan fingerprint density at radius 3 is 2.50 bits per heavy atom. The number of rotatable bonds is 10. The molecular formula is C26H24ClN3O4. The van der Waals surface area contributed by atoms with Crippen LogP contribution in [0.3, 0.4) is 0 Å². The summed E-state index contributed by atoms with van der Waals surface area (Å²) in [4.78, 5) is 12.3. The highest BCUT2D eigenvalue weighted by atomic mass is 35.5. The van der Waals surface area contributed by atoms with Crippen LogP contribution in [0.5, 0.6) is 17.2 Å². The maximum Gasteiger partial charge on any atom is 0.271 e. The van der Waals surface area contributed by atoms with Crippen molar-refractivity contribution in [3.05, 3.63) is 87.9 Å². The van der Waals surface area contributed by atoms with Gasteiger partial charge in [-0.2, -0.15) is 10.4 Å². The number of benzene rings is 3. The largest absolute Gasteiger partial charge is 0.494 e. The van der Waals surface area contributed by atoms with E-state index in [2.05, 4.69) is 16.6 Å². The van der Waals surface area contributed by atoms with E-state index in [9.17, 15) is 10.1 Å². The Morgan fingerprint density at radius 1 is 1.06 bits per heavy atom. The zero-order chi connectivity index (χ0) is 24.3. The summed E-state index contributed by atoms with van der Waals surface area (Å²) < 4.78 is 17.0. The quantitative estimate of drug-likeness (QED) is 0.314. The molecule has 0 heterocycles. The maximum atomic E-state index is 12.3. The molecule has 0 unspecified atom stereocenters. The van der Waals surface area contributed by atoms with Crippen molar-refractivity contribution >= 4 is 23.7 Å². The van der Waals surface area contributed by atoms with Crippen molar-refractivity contribution in [2.24, 2.45) is 5.10 Å². The number of nitrogens with zero attached hydrogens (tertiary/aromatic N) is 2. The fraction of sp³-hybridized carbons (Fsp3) is 0.192. The molecule has 0 aliphatic carbocycles. The molecule has 0 fully saturated rings. The molecular weight excluding hydrogens is 454 g/mol. The van der Waals surface area contributed by atoms with Gasteiger partial charge in [-0.05, 0) is 61.9 Å². The van der Waals surface area contributed by atoms with Crippen molar-refractivity contribution in [1.82, 2.24) is 5.43 Å². The summed E-state index contributed by atoms with van der Waals surface area (Å²) in [5.74, 6) is 1.14. The molecule has 0 bridgehead atoms. The molecule has 7 nitrogen and oxygen atoms in total. The van der Waals surface area contributed by atoms with Crippen LogP contribution in [-0.4, -0.2) is 25.3 Å². The van der Waals surface area contributed by atoms with Crippen LogP contribution < -0.4 is 19.6 Å². The van der Waals surface area contributed by atoms with Gasteiger partial charge >= 0.3 is 0 Å². The summed E-state index contributed by atoms with van der Waals surface area (Å²) in [6.07, 6.45) is 1.47. The number of hydrazone groups is 1. The molecule has 0 saturated heterocycles. The molecule has 3 aromatic rings. The topological polar surface area (TPSA) is 92.9 Å². The van der Waals surface area contributed by atoms with Crippen molar-refractivity contribution in [3.63, 3.8) is 0 Å². The average Bonchev–Trinajstić information content (AvgIpc) is 2.84. The number of carbonyl (C=O) groups excluding carboxylic acids is 1. The molecule has 0 saturated carbocycles. The lowest BCUT2D eigenvalue weighted by Gasteiger charge is -2.15. The Bertz CT molecular complexity index is 1200. The predicted molar refractivity (Wildman–Crippen MR) is 131 cm³/mol. The molecule has 1 N–H and O–H groups in total. The lowest BCUT2D eigenvalue weighted by molar-refractivity contribution is 0.0955. The van der Waals surface area contributed by atoms with Gasteiger partial charge in [0, 0.05) is 11.1 Å². The first kappa shape index (κ1) is 24.6. The van der Waals surface area contributed by atoms with E-state index in [0.717, 1.165) is 5.56 Å². The van der Waals surface area contributed by atoms with Crippen molar-refractivity contribution in [2.75, 3.05) is 13.2 Å². The van der Waals surface area contributed by atoms with Gasteiger partial charge in [0.15, 0.2) is 11.5 Å². The fourth-order valence-electron chi connectivity index (χ4n) is 3.07. The number of amides is 1. The SMILES string of the molecule is CCOc1ccc(C(=O)N/N=C\c2cc(Cl)c(OCc3ccccc3C#N)c(OCC)c2)cc1. The molecule has 0 aromatic heterocycles. The highest BCUT2D eigenvalue weighted by Gasteiger charge is 2.14. The monoisotopic (exact) mass is 477 g/mol. The van der Waals surface area contributed by atoms with E-state index in [1.807, 2.05) is 26.0 Å². The minimum atomic E-state index is -0.355. The van der Waals surface area contributed by atoms with E-state index < -0.39 is 0 Å². The summed E-state index contributed by atoms with van der Waals surface area (Å²) in [6.45, 7) is 4.86. The van der Waals surface area contributed by atoms with Crippen LogP contribution >= 0.6 is 11.6 Å². The number of carbonyl (C=O) groups is 1. The van der Waals surface area contributed by atoms with Crippen LogP contribution in [0.4, 0.5) is 0 Å². The van der Waals surface area contributed by atoms with Crippen LogP contribution in [0.15, 0.2) is 65.8 Å². The molecule has 0 aliphatic rings. The van der Waals surface area contributed by atoms with Crippen LogP contribution in [-0.2, 0) is 6.61 Å². The second-order valence-corrected chi connectivity index (χ2v) is 7.38. The van der Waals surface area contributed by atoms with Gasteiger partial charge in [0.2, 0.25) is 0 Å². The van der Waals surface area contributed by atoms with Gasteiger partial charge in [0.1, 0.15) is 12.4 Å². The summed E-state index contributed by atoms with van der Waals surface area (Å²) in [5, 5.41) is 13.6. The van der Waals surface area contributed by atoms with Crippen LogP contribution in [0.1, 0.15) is 40.9 Å². The van der Waals surface area contributed by atoms with E-state index in [-0.39, 0.29) is 12.5 Å². The standard InChI is InChI=1S/C26H24ClN3O4/c1-3-32-22-11-9-19(10-12-22)26(31)30-29-16-18-13-23(27)25(24(14-18)33-4-2)34-17-21-8-6-5-7-20(21)15-28/h5-14,16H,3-4,17H2,1-2H3,(H,30,31)/b29-16-. The molecule has 0 aliphatic heterocycles. The zero-order valence-electron chi connectivity index (χ0n) is 18.9. The first-order valence-electron chi connectivity index (χ1n) is 10.7. The highest BCUT2D eigenvalue weighted by Crippen LogP contribution is 2.37. The maximum absolute atomic E-state index is 12.3. The molecule has 0 radical (unpaired) electrons. The van der Waals surface area contributed by atoms with Gasteiger partial charge in [-0.3, -0.25) is 4.79 Å². The zero-order valence-corrected chi connectivity index (χ0v) is 19.6. The van der Waals surface area contributed by atoms with Gasteiger partial charge in [0.05, 0.1) is 36.1 Å². The Balaban J connectivity index is 1.71. The summed E-state index contributed by atoms with van der Waals surface area (Å²) >= 11 is 6.46. The number of ether oxygens (including phenoxy) is 3. The van der Waals surface area contributed by atoms with E-state index in [0.29, 0.717) is 52.2 Å². The third-order valence-electron chi connectivity index (χ3n) is 4.65. The molecule has 3 rings (SSSR count). The van der Waals surface area contributed by atoms with Crippen molar-refractivity contribution in [3.8, 4) is 23.3 Å². The third kappa shape index (κ3) is 6.50. The first-order valence-corrected chi connectivity index (χ1v) is 11.1.